The first kappa shape index (κ1) is 18.7. The minimum absolute atomic E-state index is 0.250. The van der Waals surface area contributed by atoms with E-state index in [0.29, 0.717) is 17.1 Å². The lowest BCUT2D eigenvalue weighted by Crippen LogP contribution is -2.20. The number of aryl methyl sites for hydroxylation is 1. The van der Waals surface area contributed by atoms with Gasteiger partial charge >= 0.3 is 0 Å². The fourth-order valence-electron chi connectivity index (χ4n) is 2.80. The van der Waals surface area contributed by atoms with E-state index in [1.54, 1.807) is 13.0 Å². The Kier molecular flexibility index (Phi) is 5.26. The molecule has 0 aliphatic rings. The molecule has 2 aromatic heterocycles. The lowest BCUT2D eigenvalue weighted by Gasteiger charge is -2.12. The van der Waals surface area contributed by atoms with Gasteiger partial charge in [-0.2, -0.15) is 4.68 Å². The van der Waals surface area contributed by atoms with Crippen molar-refractivity contribution in [2.75, 3.05) is 5.32 Å². The number of carbonyl (C=O) groups excluding carboxylic acids is 1. The number of thiophene rings is 1. The molecule has 2 heterocycles. The second-order valence-corrected chi connectivity index (χ2v) is 7.22. The van der Waals surface area contributed by atoms with Gasteiger partial charge in [0.15, 0.2) is 5.82 Å². The third-order valence-corrected chi connectivity index (χ3v) is 5.04. The number of amides is 1. The van der Waals surface area contributed by atoms with Crippen molar-refractivity contribution in [1.82, 2.24) is 20.2 Å². The Hall–Kier alpha value is -3.65. The van der Waals surface area contributed by atoms with Crippen molar-refractivity contribution in [2.45, 2.75) is 6.92 Å². The van der Waals surface area contributed by atoms with Gasteiger partial charge in [0.2, 0.25) is 0 Å². The lowest BCUT2D eigenvalue weighted by molar-refractivity contribution is -0.111. The van der Waals surface area contributed by atoms with Crippen LogP contribution in [0.3, 0.4) is 0 Å². The molecule has 0 atom stereocenters. The van der Waals surface area contributed by atoms with Gasteiger partial charge in [0.05, 0.1) is 0 Å². The first-order valence-corrected chi connectivity index (χ1v) is 9.66. The number of nitrogens with zero attached hydrogens (tertiary/aromatic N) is 4. The average Bonchev–Trinajstić information content (AvgIpc) is 3.40. The zero-order valence-electron chi connectivity index (χ0n) is 15.4. The van der Waals surface area contributed by atoms with Gasteiger partial charge in [-0.1, -0.05) is 36.4 Å². The predicted octanol–water partition coefficient (Wildman–Crippen LogP) is 4.49. The van der Waals surface area contributed by atoms with Gasteiger partial charge < -0.3 is 5.32 Å². The van der Waals surface area contributed by atoms with Crippen molar-refractivity contribution < 1.29 is 9.18 Å². The molecule has 6 nitrogen and oxygen atoms in total. The minimum Gasteiger partial charge on any atom is -0.320 e. The number of benzene rings is 2. The number of rotatable bonds is 5. The SMILES string of the molecule is Cc1cc(F)ccc1NC(=O)/C(=C/c1cccs1)n1nnnc1-c1ccccc1. The van der Waals surface area contributed by atoms with Crippen LogP contribution in [0.15, 0.2) is 66.0 Å². The molecule has 144 valence electrons. The molecule has 0 saturated carbocycles. The number of hydrogen-bond acceptors (Lipinski definition) is 5. The summed E-state index contributed by atoms with van der Waals surface area (Å²) >= 11 is 1.49. The van der Waals surface area contributed by atoms with Gasteiger partial charge in [-0.25, -0.2) is 4.39 Å². The van der Waals surface area contributed by atoms with Crippen LogP contribution in [0.5, 0.6) is 0 Å². The lowest BCUT2D eigenvalue weighted by atomic mass is 10.2. The fraction of sp³-hybridized carbons (Fsp3) is 0.0476. The standard InChI is InChI=1S/C21H16FN5OS/c1-14-12-16(22)9-10-18(14)23-21(28)19(13-17-8-5-11-29-17)27-20(24-25-26-27)15-6-3-2-4-7-15/h2-13H,1H3,(H,23,28)/b19-13-. The van der Waals surface area contributed by atoms with E-state index in [0.717, 1.165) is 10.4 Å². The highest BCUT2D eigenvalue weighted by Crippen LogP contribution is 2.24. The number of halogens is 1. The highest BCUT2D eigenvalue weighted by atomic mass is 32.1. The van der Waals surface area contributed by atoms with Crippen molar-refractivity contribution in [3.8, 4) is 11.4 Å². The quantitative estimate of drug-likeness (QED) is 0.497. The molecule has 1 N–H and O–H groups in total. The Morgan fingerprint density at radius 1 is 1.14 bits per heavy atom. The van der Waals surface area contributed by atoms with Crippen LogP contribution in [0.4, 0.5) is 10.1 Å². The predicted molar refractivity (Wildman–Crippen MR) is 112 cm³/mol. The molecule has 1 amide bonds. The van der Waals surface area contributed by atoms with Gasteiger partial charge in [0.1, 0.15) is 11.5 Å². The molecular formula is C21H16FN5OS. The van der Waals surface area contributed by atoms with E-state index in [1.165, 1.54) is 34.2 Å². The monoisotopic (exact) mass is 405 g/mol. The van der Waals surface area contributed by atoms with E-state index in [-0.39, 0.29) is 11.5 Å². The molecule has 0 spiro atoms. The summed E-state index contributed by atoms with van der Waals surface area (Å²) in [7, 11) is 0. The van der Waals surface area contributed by atoms with E-state index in [4.69, 9.17) is 0 Å². The third kappa shape index (κ3) is 4.12. The van der Waals surface area contributed by atoms with Crippen molar-refractivity contribution in [3.05, 3.63) is 82.3 Å². The molecule has 0 bridgehead atoms. The molecule has 0 saturated heterocycles. The first-order chi connectivity index (χ1) is 14.1. The Morgan fingerprint density at radius 2 is 1.97 bits per heavy atom. The summed E-state index contributed by atoms with van der Waals surface area (Å²) in [6.07, 6.45) is 1.72. The molecule has 0 radical (unpaired) electrons. The summed E-state index contributed by atoms with van der Waals surface area (Å²) in [5.41, 5.74) is 2.16. The topological polar surface area (TPSA) is 72.7 Å². The molecule has 4 rings (SSSR count). The summed E-state index contributed by atoms with van der Waals surface area (Å²) in [4.78, 5) is 14.0. The summed E-state index contributed by atoms with van der Waals surface area (Å²) in [5, 5.41) is 16.6. The van der Waals surface area contributed by atoms with Crippen molar-refractivity contribution in [3.63, 3.8) is 0 Å². The van der Waals surface area contributed by atoms with Gasteiger partial charge in [0, 0.05) is 16.1 Å². The Morgan fingerprint density at radius 3 is 2.69 bits per heavy atom. The molecule has 29 heavy (non-hydrogen) atoms. The van der Waals surface area contributed by atoms with Crippen molar-refractivity contribution in [2.24, 2.45) is 0 Å². The maximum absolute atomic E-state index is 13.4. The average molecular weight is 405 g/mol. The normalized spacial score (nSPS) is 11.4. The van der Waals surface area contributed by atoms with E-state index in [1.807, 2.05) is 47.8 Å². The highest BCUT2D eigenvalue weighted by Gasteiger charge is 2.20. The summed E-state index contributed by atoms with van der Waals surface area (Å²) in [5.74, 6) is -0.321. The van der Waals surface area contributed by atoms with Gasteiger partial charge in [-0.3, -0.25) is 4.79 Å². The molecule has 0 aliphatic carbocycles. The smallest absolute Gasteiger partial charge is 0.274 e. The third-order valence-electron chi connectivity index (χ3n) is 4.22. The maximum atomic E-state index is 13.4. The van der Waals surface area contributed by atoms with Crippen molar-refractivity contribution >= 4 is 34.7 Å². The fourth-order valence-corrected chi connectivity index (χ4v) is 3.45. The molecule has 0 aliphatic heterocycles. The Balaban J connectivity index is 1.76. The summed E-state index contributed by atoms with van der Waals surface area (Å²) in [6.45, 7) is 1.73. The molecule has 0 unspecified atom stereocenters. The molecular weight excluding hydrogens is 389 g/mol. The van der Waals surface area contributed by atoms with Crippen LogP contribution in [-0.4, -0.2) is 26.1 Å². The van der Waals surface area contributed by atoms with Gasteiger partial charge in [-0.05, 0) is 58.6 Å². The van der Waals surface area contributed by atoms with Crippen LogP contribution < -0.4 is 5.32 Å². The van der Waals surface area contributed by atoms with Crippen LogP contribution in [0.2, 0.25) is 0 Å². The zero-order valence-corrected chi connectivity index (χ0v) is 16.2. The van der Waals surface area contributed by atoms with Gasteiger partial charge in [0.25, 0.3) is 5.91 Å². The molecule has 4 aromatic rings. The Bertz CT molecular complexity index is 1170. The summed E-state index contributed by atoms with van der Waals surface area (Å²) in [6, 6.07) is 17.4. The second-order valence-electron chi connectivity index (χ2n) is 6.24. The molecule has 8 heteroatoms. The number of hydrogen-bond donors (Lipinski definition) is 1. The van der Waals surface area contributed by atoms with Crippen molar-refractivity contribution in [1.29, 1.82) is 0 Å². The molecule has 2 aromatic carbocycles. The van der Waals surface area contributed by atoms with Crippen LogP contribution in [0.1, 0.15) is 10.4 Å². The van der Waals surface area contributed by atoms with E-state index >= 15 is 0 Å². The Labute approximate surface area is 170 Å². The van der Waals surface area contributed by atoms with Crippen LogP contribution >= 0.6 is 11.3 Å². The number of nitrogens with one attached hydrogen (secondary N) is 1. The van der Waals surface area contributed by atoms with Crippen LogP contribution in [0.25, 0.3) is 23.2 Å². The number of aromatic nitrogens is 4. The molecule has 0 fully saturated rings. The zero-order chi connectivity index (χ0) is 20.2. The second kappa shape index (κ2) is 8.15. The van der Waals surface area contributed by atoms with E-state index in [9.17, 15) is 9.18 Å². The van der Waals surface area contributed by atoms with Gasteiger partial charge in [-0.15, -0.1) is 16.4 Å². The van der Waals surface area contributed by atoms with E-state index in [2.05, 4.69) is 20.8 Å². The van der Waals surface area contributed by atoms with Crippen LogP contribution in [-0.2, 0) is 4.79 Å². The first-order valence-electron chi connectivity index (χ1n) is 8.79. The minimum atomic E-state index is -0.405. The highest BCUT2D eigenvalue weighted by molar-refractivity contribution is 7.10. The number of tetrazole rings is 1. The number of anilines is 1. The number of carbonyl (C=O) groups is 1. The van der Waals surface area contributed by atoms with Crippen LogP contribution in [0, 0.1) is 12.7 Å². The maximum Gasteiger partial charge on any atom is 0.274 e. The van der Waals surface area contributed by atoms with E-state index < -0.39 is 5.91 Å². The largest absolute Gasteiger partial charge is 0.320 e. The summed E-state index contributed by atoms with van der Waals surface area (Å²) < 4.78 is 14.8.